The molecule has 0 amide bonds. The molecule has 0 bridgehead atoms. The van der Waals surface area contributed by atoms with Gasteiger partial charge in [0.05, 0.1) is 24.4 Å². The Morgan fingerprint density at radius 2 is 1.08 bits per heavy atom. The van der Waals surface area contributed by atoms with E-state index in [4.69, 9.17) is 14.2 Å². The van der Waals surface area contributed by atoms with Crippen molar-refractivity contribution < 1.29 is 14.2 Å². The number of ether oxygens (including phenoxy) is 3. The van der Waals surface area contributed by atoms with Gasteiger partial charge in [0.25, 0.3) is 0 Å². The quantitative estimate of drug-likeness (QED) is 0.574. The maximum atomic E-state index is 5.45. The summed E-state index contributed by atoms with van der Waals surface area (Å²) in [5.41, 5.74) is 0. The van der Waals surface area contributed by atoms with E-state index in [-0.39, 0.29) is 0 Å². The molecule has 3 aliphatic carbocycles. The fourth-order valence-corrected chi connectivity index (χ4v) is 2.19. The molecule has 0 aromatic carbocycles. The fourth-order valence-electron chi connectivity index (χ4n) is 2.19. The first kappa shape index (κ1) is 21.9. The maximum absolute atomic E-state index is 5.45. The van der Waals surface area contributed by atoms with E-state index in [9.17, 15) is 0 Å². The standard InChI is InChI=1S/C8H16O.C7H14O.C6H12O/c1-7(2)9-6-8-4-3-5-8;1-6(2)8-5-7-3-4-7;1-5(2)7-6-3-4-6/h7-8H,3-6H2,1-2H3;6-7H,3-5H2,1-2H3;5-6H,3-4H2,1-2H3. The van der Waals surface area contributed by atoms with Crippen LogP contribution in [0.3, 0.4) is 0 Å². The fraction of sp³-hybridized carbons (Fsp3) is 1.00. The van der Waals surface area contributed by atoms with Crippen LogP contribution in [-0.2, 0) is 14.2 Å². The molecule has 0 radical (unpaired) electrons. The summed E-state index contributed by atoms with van der Waals surface area (Å²) >= 11 is 0. The van der Waals surface area contributed by atoms with Crippen LogP contribution in [0.5, 0.6) is 0 Å². The van der Waals surface area contributed by atoms with Gasteiger partial charge in [-0.2, -0.15) is 0 Å². The summed E-state index contributed by atoms with van der Waals surface area (Å²) < 4.78 is 16.2. The average Bonchev–Trinajstić information content (AvgIpc) is 3.30. The van der Waals surface area contributed by atoms with Crippen LogP contribution in [0.1, 0.15) is 86.5 Å². The monoisotopic (exact) mass is 342 g/mol. The van der Waals surface area contributed by atoms with Gasteiger partial charge in [0.15, 0.2) is 0 Å². The lowest BCUT2D eigenvalue weighted by Gasteiger charge is -2.25. The molecule has 0 unspecified atom stereocenters. The van der Waals surface area contributed by atoms with E-state index in [0.717, 1.165) is 25.0 Å². The van der Waals surface area contributed by atoms with E-state index in [2.05, 4.69) is 41.5 Å². The zero-order valence-electron chi connectivity index (χ0n) is 17.1. The molecule has 0 aliphatic heterocycles. The lowest BCUT2D eigenvalue weighted by atomic mass is 9.86. The first-order valence-electron chi connectivity index (χ1n) is 10.3. The smallest absolute Gasteiger partial charge is 0.0580 e. The second-order valence-electron chi connectivity index (χ2n) is 8.39. The van der Waals surface area contributed by atoms with Crippen molar-refractivity contribution in [1.29, 1.82) is 0 Å². The molecular formula is C21H42O3. The molecule has 3 heteroatoms. The van der Waals surface area contributed by atoms with Gasteiger partial charge in [-0.25, -0.2) is 0 Å². The molecule has 24 heavy (non-hydrogen) atoms. The second kappa shape index (κ2) is 12.3. The molecule has 3 nitrogen and oxygen atoms in total. The third-order valence-electron chi connectivity index (χ3n) is 4.24. The highest BCUT2D eigenvalue weighted by atomic mass is 16.5. The van der Waals surface area contributed by atoms with Crippen molar-refractivity contribution in [3.8, 4) is 0 Å². The van der Waals surface area contributed by atoms with Crippen molar-refractivity contribution in [3.63, 3.8) is 0 Å². The summed E-state index contributed by atoms with van der Waals surface area (Å²) in [7, 11) is 0. The molecule has 0 aromatic rings. The zero-order valence-corrected chi connectivity index (χ0v) is 17.1. The minimum Gasteiger partial charge on any atom is -0.379 e. The SMILES string of the molecule is CC(C)OC1CC1.CC(C)OCC1CC1.CC(C)OCC1CCC1. The summed E-state index contributed by atoms with van der Waals surface area (Å²) in [5, 5.41) is 0. The van der Waals surface area contributed by atoms with Crippen molar-refractivity contribution in [2.45, 2.75) is 111 Å². The Labute approximate surface area is 150 Å². The number of hydrogen-bond donors (Lipinski definition) is 0. The molecular weight excluding hydrogens is 300 g/mol. The van der Waals surface area contributed by atoms with Gasteiger partial charge >= 0.3 is 0 Å². The van der Waals surface area contributed by atoms with Crippen LogP contribution in [0.15, 0.2) is 0 Å². The topological polar surface area (TPSA) is 27.7 Å². The normalized spacial score (nSPS) is 20.4. The molecule has 0 saturated heterocycles. The van der Waals surface area contributed by atoms with Crippen molar-refractivity contribution in [1.82, 2.24) is 0 Å². The van der Waals surface area contributed by atoms with Crippen LogP contribution in [0.25, 0.3) is 0 Å². The first-order valence-corrected chi connectivity index (χ1v) is 10.3. The third kappa shape index (κ3) is 14.2. The van der Waals surface area contributed by atoms with E-state index in [1.807, 2.05) is 0 Å². The highest BCUT2D eigenvalue weighted by Gasteiger charge is 2.22. The summed E-state index contributed by atoms with van der Waals surface area (Å²) in [6.45, 7) is 14.5. The van der Waals surface area contributed by atoms with E-state index < -0.39 is 0 Å². The van der Waals surface area contributed by atoms with Gasteiger partial charge < -0.3 is 14.2 Å². The predicted octanol–water partition coefficient (Wildman–Crippen LogP) is 5.61. The molecule has 3 aliphatic rings. The van der Waals surface area contributed by atoms with Gasteiger partial charge in [0, 0.05) is 13.2 Å². The molecule has 0 N–H and O–H groups in total. The molecule has 0 atom stereocenters. The Hall–Kier alpha value is -0.120. The van der Waals surface area contributed by atoms with Crippen LogP contribution in [0, 0.1) is 11.8 Å². The molecule has 3 fully saturated rings. The zero-order chi connectivity index (χ0) is 17.9. The molecule has 144 valence electrons. The third-order valence-corrected chi connectivity index (χ3v) is 4.24. The van der Waals surface area contributed by atoms with E-state index in [1.54, 1.807) is 0 Å². The number of rotatable bonds is 8. The van der Waals surface area contributed by atoms with Gasteiger partial charge in [0.1, 0.15) is 0 Å². The Morgan fingerprint density at radius 3 is 1.29 bits per heavy atom. The van der Waals surface area contributed by atoms with Gasteiger partial charge in [-0.1, -0.05) is 6.42 Å². The lowest BCUT2D eigenvalue weighted by molar-refractivity contribution is 0.0298. The van der Waals surface area contributed by atoms with Gasteiger partial charge in [0.2, 0.25) is 0 Å². The summed E-state index contributed by atoms with van der Waals surface area (Å²) in [5.74, 6) is 1.81. The van der Waals surface area contributed by atoms with Crippen molar-refractivity contribution in [2.24, 2.45) is 11.8 Å². The minimum absolute atomic E-state index is 0.422. The summed E-state index contributed by atoms with van der Waals surface area (Å²) in [6.07, 6.45) is 11.5. The van der Waals surface area contributed by atoms with Crippen LogP contribution >= 0.6 is 0 Å². The Kier molecular flexibility index (Phi) is 11.2. The van der Waals surface area contributed by atoms with E-state index in [1.165, 1.54) is 44.9 Å². The highest BCUT2D eigenvalue weighted by Crippen LogP contribution is 2.29. The summed E-state index contributed by atoms with van der Waals surface area (Å²) in [6, 6.07) is 0. The maximum Gasteiger partial charge on any atom is 0.0580 e. The van der Waals surface area contributed by atoms with Gasteiger partial charge in [-0.3, -0.25) is 0 Å². The highest BCUT2D eigenvalue weighted by molar-refractivity contribution is 4.73. The molecule has 3 saturated carbocycles. The first-order chi connectivity index (χ1) is 11.4. The molecule has 0 heterocycles. The molecule has 0 spiro atoms. The Balaban J connectivity index is 0.000000181. The van der Waals surface area contributed by atoms with Crippen molar-refractivity contribution in [3.05, 3.63) is 0 Å². The van der Waals surface area contributed by atoms with Gasteiger partial charge in [-0.05, 0) is 91.9 Å². The second-order valence-corrected chi connectivity index (χ2v) is 8.39. The van der Waals surface area contributed by atoms with Crippen molar-refractivity contribution in [2.75, 3.05) is 13.2 Å². The van der Waals surface area contributed by atoms with Crippen LogP contribution < -0.4 is 0 Å². The van der Waals surface area contributed by atoms with E-state index in [0.29, 0.717) is 24.4 Å². The van der Waals surface area contributed by atoms with Crippen LogP contribution in [0.4, 0.5) is 0 Å². The molecule has 0 aromatic heterocycles. The van der Waals surface area contributed by atoms with Crippen LogP contribution in [-0.4, -0.2) is 37.6 Å². The van der Waals surface area contributed by atoms with Crippen LogP contribution in [0.2, 0.25) is 0 Å². The Bertz CT molecular complexity index is 287. The Morgan fingerprint density at radius 1 is 0.625 bits per heavy atom. The molecule has 3 rings (SSSR count). The predicted molar refractivity (Wildman–Crippen MR) is 101 cm³/mol. The average molecular weight is 343 g/mol. The minimum atomic E-state index is 0.422. The lowest BCUT2D eigenvalue weighted by Crippen LogP contribution is -2.19. The largest absolute Gasteiger partial charge is 0.379 e. The summed E-state index contributed by atoms with van der Waals surface area (Å²) in [4.78, 5) is 0. The number of hydrogen-bond acceptors (Lipinski definition) is 3. The van der Waals surface area contributed by atoms with Crippen molar-refractivity contribution >= 4 is 0 Å². The van der Waals surface area contributed by atoms with E-state index >= 15 is 0 Å². The van der Waals surface area contributed by atoms with Gasteiger partial charge in [-0.15, -0.1) is 0 Å².